The number of likely N-dealkylation sites (tertiary alicyclic amines) is 1. The lowest BCUT2D eigenvalue weighted by molar-refractivity contribution is -0.140. The zero-order valence-electron chi connectivity index (χ0n) is 12.8. The first-order chi connectivity index (χ1) is 9.25. The Labute approximate surface area is 120 Å². The number of carbonyl (C=O) groups excluding carboxylic acids is 1. The standard InChI is InChI=1S/C15H26N2O3/c1-9(2)17-6-5-10(8-17)7-16-13(18)11-12(14(19)20)15(11,3)4/h9-12H,5-8H2,1-4H3,(H,16,18)(H,19,20)/t10?,11-,12+/m1/s1. The molecule has 2 N–H and O–H groups in total. The van der Waals surface area contributed by atoms with Gasteiger partial charge in [-0.15, -0.1) is 0 Å². The Hall–Kier alpha value is -1.10. The number of hydrogen-bond donors (Lipinski definition) is 2. The van der Waals surface area contributed by atoms with Gasteiger partial charge in [0.15, 0.2) is 0 Å². The predicted octanol–water partition coefficient (Wildman–Crippen LogP) is 1.19. The van der Waals surface area contributed by atoms with Crippen LogP contribution in [0.25, 0.3) is 0 Å². The second-order valence-corrected chi connectivity index (χ2v) is 7.10. The molecule has 1 aliphatic heterocycles. The molecule has 5 nitrogen and oxygen atoms in total. The Morgan fingerprint density at radius 1 is 1.35 bits per heavy atom. The van der Waals surface area contributed by atoms with E-state index in [1.54, 1.807) is 0 Å². The monoisotopic (exact) mass is 282 g/mol. The summed E-state index contributed by atoms with van der Waals surface area (Å²) < 4.78 is 0. The first-order valence-corrected chi connectivity index (χ1v) is 7.49. The summed E-state index contributed by atoms with van der Waals surface area (Å²) in [6.07, 6.45) is 1.11. The molecule has 3 atom stereocenters. The fourth-order valence-corrected chi connectivity index (χ4v) is 3.44. The average molecular weight is 282 g/mol. The Morgan fingerprint density at radius 3 is 2.45 bits per heavy atom. The first kappa shape index (κ1) is 15.3. The van der Waals surface area contributed by atoms with Crippen LogP contribution in [0, 0.1) is 23.2 Å². The molecule has 2 fully saturated rings. The van der Waals surface area contributed by atoms with E-state index in [9.17, 15) is 9.59 Å². The third kappa shape index (κ3) is 2.82. The van der Waals surface area contributed by atoms with Gasteiger partial charge < -0.3 is 15.3 Å². The van der Waals surface area contributed by atoms with Crippen LogP contribution in [0.4, 0.5) is 0 Å². The van der Waals surface area contributed by atoms with Gasteiger partial charge in [0.1, 0.15) is 0 Å². The summed E-state index contributed by atoms with van der Waals surface area (Å²) in [7, 11) is 0. The molecular weight excluding hydrogens is 256 g/mol. The van der Waals surface area contributed by atoms with Crippen LogP contribution >= 0.6 is 0 Å². The van der Waals surface area contributed by atoms with Crippen LogP contribution in [0.2, 0.25) is 0 Å². The van der Waals surface area contributed by atoms with Crippen LogP contribution in [-0.2, 0) is 9.59 Å². The van der Waals surface area contributed by atoms with Crippen molar-refractivity contribution in [3.8, 4) is 0 Å². The average Bonchev–Trinajstić information content (AvgIpc) is 2.74. The highest BCUT2D eigenvalue weighted by Crippen LogP contribution is 2.58. The second kappa shape index (κ2) is 5.35. The fraction of sp³-hybridized carbons (Fsp3) is 0.867. The van der Waals surface area contributed by atoms with Crippen molar-refractivity contribution < 1.29 is 14.7 Å². The largest absolute Gasteiger partial charge is 0.481 e. The van der Waals surface area contributed by atoms with Crippen molar-refractivity contribution >= 4 is 11.9 Å². The Bertz CT molecular complexity index is 406. The third-order valence-corrected chi connectivity index (χ3v) is 4.99. The van der Waals surface area contributed by atoms with E-state index in [0.717, 1.165) is 19.5 Å². The van der Waals surface area contributed by atoms with Crippen molar-refractivity contribution in [2.75, 3.05) is 19.6 Å². The number of carboxylic acid groups (broad SMARTS) is 1. The van der Waals surface area contributed by atoms with E-state index in [1.165, 1.54) is 0 Å². The number of rotatable bonds is 5. The highest BCUT2D eigenvalue weighted by molar-refractivity contribution is 5.91. The molecule has 0 aromatic carbocycles. The topological polar surface area (TPSA) is 69.6 Å². The van der Waals surface area contributed by atoms with E-state index < -0.39 is 17.3 Å². The lowest BCUT2D eigenvalue weighted by atomic mass is 10.1. The van der Waals surface area contributed by atoms with Gasteiger partial charge in [0.2, 0.25) is 5.91 Å². The Morgan fingerprint density at radius 2 is 2.00 bits per heavy atom. The molecule has 20 heavy (non-hydrogen) atoms. The van der Waals surface area contributed by atoms with Gasteiger partial charge in [-0.1, -0.05) is 13.8 Å². The summed E-state index contributed by atoms with van der Waals surface area (Å²) in [6.45, 7) is 10.9. The van der Waals surface area contributed by atoms with Gasteiger partial charge in [0.05, 0.1) is 11.8 Å². The molecule has 1 unspecified atom stereocenters. The van der Waals surface area contributed by atoms with Gasteiger partial charge >= 0.3 is 5.97 Å². The highest BCUT2D eigenvalue weighted by Gasteiger charge is 2.65. The lowest BCUT2D eigenvalue weighted by Crippen LogP contribution is -2.34. The van der Waals surface area contributed by atoms with Gasteiger partial charge in [-0.25, -0.2) is 0 Å². The van der Waals surface area contributed by atoms with Crippen LogP contribution in [0.5, 0.6) is 0 Å². The lowest BCUT2D eigenvalue weighted by Gasteiger charge is -2.20. The zero-order chi connectivity index (χ0) is 15.1. The molecule has 0 spiro atoms. The second-order valence-electron chi connectivity index (χ2n) is 7.10. The van der Waals surface area contributed by atoms with Crippen molar-refractivity contribution in [1.82, 2.24) is 10.2 Å². The fourth-order valence-electron chi connectivity index (χ4n) is 3.44. The van der Waals surface area contributed by atoms with Gasteiger partial charge in [-0.2, -0.15) is 0 Å². The molecule has 1 aliphatic carbocycles. The number of aliphatic carboxylic acids is 1. The molecule has 2 rings (SSSR count). The normalized spacial score (nSPS) is 32.4. The summed E-state index contributed by atoms with van der Waals surface area (Å²) in [5, 5.41) is 12.1. The SMILES string of the molecule is CC(C)N1CCC(CNC(=O)[C@H]2[C@@H](C(=O)O)C2(C)C)C1. The molecule has 1 heterocycles. The van der Waals surface area contributed by atoms with Crippen molar-refractivity contribution in [3.63, 3.8) is 0 Å². The van der Waals surface area contributed by atoms with Crippen LogP contribution in [-0.4, -0.2) is 47.6 Å². The van der Waals surface area contributed by atoms with E-state index in [1.807, 2.05) is 13.8 Å². The van der Waals surface area contributed by atoms with Gasteiger partial charge in [-0.05, 0) is 38.1 Å². The predicted molar refractivity (Wildman–Crippen MR) is 76.2 cm³/mol. The number of hydrogen-bond acceptors (Lipinski definition) is 3. The van der Waals surface area contributed by atoms with E-state index >= 15 is 0 Å². The molecule has 1 saturated carbocycles. The van der Waals surface area contributed by atoms with Crippen LogP contribution in [0.1, 0.15) is 34.1 Å². The maximum atomic E-state index is 12.1. The summed E-state index contributed by atoms with van der Waals surface area (Å²) in [4.78, 5) is 25.6. The molecule has 1 amide bonds. The van der Waals surface area contributed by atoms with Gasteiger partial charge in [0.25, 0.3) is 0 Å². The minimum atomic E-state index is -0.859. The molecule has 0 bridgehead atoms. The summed E-state index contributed by atoms with van der Waals surface area (Å²) in [5.41, 5.74) is -0.407. The molecule has 0 aromatic heterocycles. The molecular formula is C15H26N2O3. The molecule has 2 aliphatic rings. The van der Waals surface area contributed by atoms with Crippen molar-refractivity contribution in [2.24, 2.45) is 23.2 Å². The minimum absolute atomic E-state index is 0.0922. The minimum Gasteiger partial charge on any atom is -0.481 e. The van der Waals surface area contributed by atoms with Crippen LogP contribution in [0.3, 0.4) is 0 Å². The van der Waals surface area contributed by atoms with Crippen molar-refractivity contribution in [1.29, 1.82) is 0 Å². The van der Waals surface area contributed by atoms with Crippen molar-refractivity contribution in [2.45, 2.75) is 40.2 Å². The number of nitrogens with one attached hydrogen (secondary N) is 1. The quantitative estimate of drug-likeness (QED) is 0.794. The van der Waals surface area contributed by atoms with Gasteiger partial charge in [-0.3, -0.25) is 9.59 Å². The van der Waals surface area contributed by atoms with E-state index in [0.29, 0.717) is 18.5 Å². The summed E-state index contributed by atoms with van der Waals surface area (Å²) >= 11 is 0. The number of carboxylic acids is 1. The third-order valence-electron chi connectivity index (χ3n) is 4.99. The van der Waals surface area contributed by atoms with E-state index in [2.05, 4.69) is 24.1 Å². The van der Waals surface area contributed by atoms with Crippen molar-refractivity contribution in [3.05, 3.63) is 0 Å². The molecule has 0 aromatic rings. The van der Waals surface area contributed by atoms with E-state index in [-0.39, 0.29) is 11.8 Å². The Kier molecular flexibility index (Phi) is 4.09. The van der Waals surface area contributed by atoms with E-state index in [4.69, 9.17) is 5.11 Å². The molecule has 114 valence electrons. The van der Waals surface area contributed by atoms with Crippen LogP contribution < -0.4 is 5.32 Å². The summed E-state index contributed by atoms with van der Waals surface area (Å²) in [6, 6.07) is 0.550. The number of carbonyl (C=O) groups is 2. The molecule has 1 saturated heterocycles. The zero-order valence-corrected chi connectivity index (χ0v) is 12.8. The maximum Gasteiger partial charge on any atom is 0.307 e. The van der Waals surface area contributed by atoms with Gasteiger partial charge in [0, 0.05) is 19.1 Å². The maximum absolute atomic E-state index is 12.1. The highest BCUT2D eigenvalue weighted by atomic mass is 16.4. The first-order valence-electron chi connectivity index (χ1n) is 7.49. The van der Waals surface area contributed by atoms with Crippen LogP contribution in [0.15, 0.2) is 0 Å². The molecule has 5 heteroatoms. The number of amides is 1. The Balaban J connectivity index is 1.79. The summed E-state index contributed by atoms with van der Waals surface area (Å²) in [5.74, 6) is -1.36. The number of nitrogens with zero attached hydrogens (tertiary/aromatic N) is 1. The molecule has 0 radical (unpaired) electrons. The smallest absolute Gasteiger partial charge is 0.307 e.